The van der Waals surface area contributed by atoms with Crippen molar-refractivity contribution in [2.24, 2.45) is 7.05 Å². The number of hydrogen-bond donors (Lipinski definition) is 0. The summed E-state index contributed by atoms with van der Waals surface area (Å²) in [5.41, 5.74) is 0. The van der Waals surface area contributed by atoms with Crippen LogP contribution in [0.3, 0.4) is 0 Å². The van der Waals surface area contributed by atoms with Crippen LogP contribution in [0.2, 0.25) is 0 Å². The van der Waals surface area contributed by atoms with Crippen LogP contribution in [-0.2, 0) is 7.05 Å². The van der Waals surface area contributed by atoms with Gasteiger partial charge in [-0.15, -0.1) is 10.7 Å². The molecule has 0 aromatic carbocycles. The van der Waals surface area contributed by atoms with Crippen molar-refractivity contribution in [1.29, 1.82) is 0 Å². The molecule has 0 bridgehead atoms. The van der Waals surface area contributed by atoms with E-state index in [0.29, 0.717) is 0 Å². The third-order valence-electron chi connectivity index (χ3n) is 0.613. The molecule has 0 saturated carbocycles. The Kier molecular flexibility index (Phi) is 3.46. The molecule has 1 aromatic heterocycles. The molecular weight excluding hydrogens is 163 g/mol. The number of hydrogen-bond acceptors (Lipinski definition) is 1. The van der Waals surface area contributed by atoms with E-state index in [4.69, 9.17) is 0 Å². The summed E-state index contributed by atoms with van der Waals surface area (Å²) in [6.07, 6.45) is 4.56. The molecule has 4 heteroatoms. The van der Waals surface area contributed by atoms with Crippen molar-refractivity contribution in [3.05, 3.63) is 16.9 Å². The van der Waals surface area contributed by atoms with Crippen LogP contribution in [0.25, 0.3) is 0 Å². The van der Waals surface area contributed by atoms with Crippen LogP contribution in [0.1, 0.15) is 0 Å². The molecular formula is C4H4BrLiN2. The summed E-state index contributed by atoms with van der Waals surface area (Å²) in [4.78, 5) is 0. The van der Waals surface area contributed by atoms with Gasteiger partial charge in [0.15, 0.2) is 0 Å². The molecule has 8 heavy (non-hydrogen) atoms. The number of aromatic nitrogens is 2. The van der Waals surface area contributed by atoms with Crippen LogP contribution in [0.15, 0.2) is 10.7 Å². The fourth-order valence-corrected chi connectivity index (χ4v) is 0.698. The molecule has 1 heterocycles. The molecule has 0 saturated heterocycles. The van der Waals surface area contributed by atoms with Gasteiger partial charge < -0.3 is 4.68 Å². The number of nitrogens with zero attached hydrogens (tertiary/aromatic N) is 2. The van der Waals surface area contributed by atoms with Crippen molar-refractivity contribution < 1.29 is 18.9 Å². The second-order valence-corrected chi connectivity index (χ2v) is 2.08. The van der Waals surface area contributed by atoms with Crippen molar-refractivity contribution in [2.45, 2.75) is 0 Å². The van der Waals surface area contributed by atoms with Crippen molar-refractivity contribution >= 4 is 15.9 Å². The summed E-state index contributed by atoms with van der Waals surface area (Å²) in [6.45, 7) is 0. The molecule has 0 aliphatic heterocycles. The fourth-order valence-electron chi connectivity index (χ4n) is 0.350. The van der Waals surface area contributed by atoms with Gasteiger partial charge in [0.25, 0.3) is 0 Å². The van der Waals surface area contributed by atoms with Gasteiger partial charge in [-0.25, -0.2) is 0 Å². The molecule has 0 atom stereocenters. The molecule has 1 aromatic rings. The standard InChI is InChI=1S/C4H4BrN2.Li/c1-7-3-4(5)2-6-7;/h2H,1H3;/q-1;+1. The fraction of sp³-hybridized carbons (Fsp3) is 0.250. The van der Waals surface area contributed by atoms with E-state index in [9.17, 15) is 0 Å². The summed E-state index contributed by atoms with van der Waals surface area (Å²) in [5, 5.41) is 3.83. The van der Waals surface area contributed by atoms with Crippen LogP contribution < -0.4 is 18.9 Å². The summed E-state index contributed by atoms with van der Waals surface area (Å²) >= 11 is 3.19. The second-order valence-electron chi connectivity index (χ2n) is 1.23. The van der Waals surface area contributed by atoms with Crippen LogP contribution in [-0.4, -0.2) is 9.78 Å². The maximum Gasteiger partial charge on any atom is 1.00 e. The predicted octanol–water partition coefficient (Wildman–Crippen LogP) is -2.01. The zero-order valence-corrected chi connectivity index (χ0v) is 6.44. The molecule has 0 aliphatic rings. The van der Waals surface area contributed by atoms with Gasteiger partial charge in [0.2, 0.25) is 0 Å². The van der Waals surface area contributed by atoms with Crippen LogP contribution in [0.5, 0.6) is 0 Å². The first-order valence-electron chi connectivity index (χ1n) is 1.86. The average Bonchev–Trinajstić information content (AvgIpc) is 1.87. The normalized spacial score (nSPS) is 8.25. The van der Waals surface area contributed by atoms with Crippen molar-refractivity contribution in [2.75, 3.05) is 0 Å². The number of halogens is 1. The van der Waals surface area contributed by atoms with E-state index in [1.54, 1.807) is 10.9 Å². The van der Waals surface area contributed by atoms with E-state index >= 15 is 0 Å². The maximum absolute atomic E-state index is 3.83. The zero-order chi connectivity index (χ0) is 5.28. The van der Waals surface area contributed by atoms with Crippen molar-refractivity contribution in [3.8, 4) is 0 Å². The van der Waals surface area contributed by atoms with Crippen LogP contribution in [0.4, 0.5) is 0 Å². The third-order valence-corrected chi connectivity index (χ3v) is 0.995. The van der Waals surface area contributed by atoms with E-state index < -0.39 is 0 Å². The Morgan fingerprint density at radius 1 is 1.88 bits per heavy atom. The van der Waals surface area contributed by atoms with Gasteiger partial charge in [-0.1, -0.05) is 22.1 Å². The number of aryl methyl sites for hydroxylation is 1. The monoisotopic (exact) mass is 166 g/mol. The molecule has 0 radical (unpaired) electrons. The first-order chi connectivity index (χ1) is 3.29. The third kappa shape index (κ3) is 2.04. The Morgan fingerprint density at radius 2 is 2.50 bits per heavy atom. The Morgan fingerprint density at radius 3 is 2.62 bits per heavy atom. The molecule has 0 N–H and O–H groups in total. The first kappa shape index (κ1) is 8.29. The molecule has 38 valence electrons. The van der Waals surface area contributed by atoms with Gasteiger partial charge >= 0.3 is 18.9 Å². The van der Waals surface area contributed by atoms with Crippen LogP contribution in [0, 0.1) is 6.20 Å². The Bertz CT molecular complexity index is 146. The Labute approximate surface area is 68.6 Å². The number of rotatable bonds is 0. The average molecular weight is 167 g/mol. The van der Waals surface area contributed by atoms with Gasteiger partial charge in [0, 0.05) is 7.05 Å². The molecule has 1 rings (SSSR count). The minimum Gasteiger partial charge on any atom is -0.378 e. The van der Waals surface area contributed by atoms with Gasteiger partial charge in [-0.3, -0.25) is 5.10 Å². The first-order valence-corrected chi connectivity index (χ1v) is 2.65. The minimum absolute atomic E-state index is 0. The Balaban J connectivity index is 0.000000490. The quantitative estimate of drug-likeness (QED) is 0.322. The van der Waals surface area contributed by atoms with Gasteiger partial charge in [0.05, 0.1) is 0 Å². The minimum atomic E-state index is 0. The molecule has 0 fully saturated rings. The van der Waals surface area contributed by atoms with E-state index in [-0.39, 0.29) is 18.9 Å². The molecule has 0 unspecified atom stereocenters. The van der Waals surface area contributed by atoms with E-state index in [2.05, 4.69) is 27.2 Å². The van der Waals surface area contributed by atoms with Crippen LogP contribution >= 0.6 is 15.9 Å². The summed E-state index contributed by atoms with van der Waals surface area (Å²) in [7, 11) is 1.82. The van der Waals surface area contributed by atoms with Gasteiger partial charge in [-0.2, -0.15) is 0 Å². The van der Waals surface area contributed by atoms with Gasteiger partial charge in [-0.05, 0) is 0 Å². The van der Waals surface area contributed by atoms with E-state index in [1.807, 2.05) is 7.05 Å². The predicted molar refractivity (Wildman–Crippen MR) is 29.7 cm³/mol. The topological polar surface area (TPSA) is 17.8 Å². The second kappa shape index (κ2) is 3.34. The molecule has 0 aliphatic carbocycles. The summed E-state index contributed by atoms with van der Waals surface area (Å²) in [6, 6.07) is 0. The molecule has 2 nitrogen and oxygen atoms in total. The Hall–Kier alpha value is 0.287. The van der Waals surface area contributed by atoms with E-state index in [0.717, 1.165) is 4.47 Å². The van der Waals surface area contributed by atoms with Crippen molar-refractivity contribution in [1.82, 2.24) is 9.78 Å². The van der Waals surface area contributed by atoms with E-state index in [1.165, 1.54) is 0 Å². The van der Waals surface area contributed by atoms with Gasteiger partial charge in [0.1, 0.15) is 0 Å². The maximum atomic E-state index is 3.83. The smallest absolute Gasteiger partial charge is 0.378 e. The van der Waals surface area contributed by atoms with Crippen molar-refractivity contribution in [3.63, 3.8) is 0 Å². The summed E-state index contributed by atoms with van der Waals surface area (Å²) < 4.78 is 2.51. The SMILES string of the molecule is Cn1[c-]c(Br)cn1.[Li+]. The molecule has 0 spiro atoms. The zero-order valence-electron chi connectivity index (χ0n) is 4.85. The largest absolute Gasteiger partial charge is 1.00 e. The summed E-state index contributed by atoms with van der Waals surface area (Å²) in [5.74, 6) is 0. The molecule has 0 amide bonds.